The van der Waals surface area contributed by atoms with Crippen LogP contribution >= 0.6 is 0 Å². The third-order valence-electron chi connectivity index (χ3n) is 7.33. The normalized spacial score (nSPS) is 18.5. The topological polar surface area (TPSA) is 88.1 Å². The number of unbranched alkanes of at least 4 members (excludes halogenated alkanes) is 1. The van der Waals surface area contributed by atoms with Gasteiger partial charge in [0.15, 0.2) is 0 Å². The highest BCUT2D eigenvalue weighted by atomic mass is 32.2. The van der Waals surface area contributed by atoms with Crippen molar-refractivity contribution in [1.29, 1.82) is 0 Å². The standard InChI is InChI=1S/C28H37N5O4S/c1-3-4-19-37-23-9-11-24(12-10-23)38(34,35)33-15-13-31(14-16-33)22(2)27-29-26-8-6-5-7-25(26)28(30-27)32-17-20-36-21-18-32/h5-12,22H,3-4,13-21H2,1-2H3. The lowest BCUT2D eigenvalue weighted by Crippen LogP contribution is -2.49. The first-order chi connectivity index (χ1) is 18.5. The highest BCUT2D eigenvalue weighted by molar-refractivity contribution is 7.89. The minimum absolute atomic E-state index is 0.0381. The van der Waals surface area contributed by atoms with Gasteiger partial charge in [-0.25, -0.2) is 18.4 Å². The van der Waals surface area contributed by atoms with Gasteiger partial charge in [0.2, 0.25) is 10.0 Å². The Balaban J connectivity index is 1.27. The smallest absolute Gasteiger partial charge is 0.243 e. The van der Waals surface area contributed by atoms with Gasteiger partial charge in [0.05, 0.1) is 36.3 Å². The van der Waals surface area contributed by atoms with E-state index < -0.39 is 10.0 Å². The second-order valence-electron chi connectivity index (χ2n) is 9.81. The molecule has 2 aromatic carbocycles. The zero-order valence-corrected chi connectivity index (χ0v) is 23.1. The van der Waals surface area contributed by atoms with E-state index in [1.807, 2.05) is 18.2 Å². The summed E-state index contributed by atoms with van der Waals surface area (Å²) in [6, 6.07) is 14.8. The largest absolute Gasteiger partial charge is 0.494 e. The Morgan fingerprint density at radius 1 is 0.947 bits per heavy atom. The molecule has 3 heterocycles. The highest BCUT2D eigenvalue weighted by Crippen LogP contribution is 2.29. The summed E-state index contributed by atoms with van der Waals surface area (Å²) in [5.74, 6) is 2.41. The lowest BCUT2D eigenvalue weighted by molar-refractivity contribution is 0.122. The van der Waals surface area contributed by atoms with Crippen molar-refractivity contribution in [2.24, 2.45) is 0 Å². The van der Waals surface area contributed by atoms with E-state index in [2.05, 4.69) is 29.7 Å². The molecule has 1 unspecified atom stereocenters. The molecule has 0 radical (unpaired) electrons. The number of nitrogens with zero attached hydrogens (tertiary/aromatic N) is 5. The number of rotatable bonds is 9. The maximum Gasteiger partial charge on any atom is 0.243 e. The van der Waals surface area contributed by atoms with E-state index in [-0.39, 0.29) is 6.04 Å². The van der Waals surface area contributed by atoms with E-state index in [9.17, 15) is 8.42 Å². The van der Waals surface area contributed by atoms with Crippen molar-refractivity contribution < 1.29 is 17.9 Å². The Morgan fingerprint density at radius 2 is 1.66 bits per heavy atom. The number of hydrogen-bond donors (Lipinski definition) is 0. The molecule has 0 saturated carbocycles. The summed E-state index contributed by atoms with van der Waals surface area (Å²) in [5, 5.41) is 1.04. The summed E-state index contributed by atoms with van der Waals surface area (Å²) >= 11 is 0. The molecule has 204 valence electrons. The second-order valence-corrected chi connectivity index (χ2v) is 11.7. The first-order valence-corrected chi connectivity index (χ1v) is 15.0. The Morgan fingerprint density at radius 3 is 2.37 bits per heavy atom. The van der Waals surface area contributed by atoms with Gasteiger partial charge >= 0.3 is 0 Å². The number of fused-ring (bicyclic) bond motifs is 1. The molecule has 0 spiro atoms. The Hall–Kier alpha value is -2.79. The van der Waals surface area contributed by atoms with Crippen LogP contribution in [0.25, 0.3) is 10.9 Å². The lowest BCUT2D eigenvalue weighted by atomic mass is 10.1. The molecular weight excluding hydrogens is 502 g/mol. The fourth-order valence-electron chi connectivity index (χ4n) is 4.97. The van der Waals surface area contributed by atoms with Gasteiger partial charge in [0.1, 0.15) is 17.4 Å². The van der Waals surface area contributed by atoms with E-state index in [0.29, 0.717) is 56.6 Å². The molecule has 2 saturated heterocycles. The van der Waals surface area contributed by atoms with E-state index in [4.69, 9.17) is 19.4 Å². The monoisotopic (exact) mass is 539 g/mol. The number of morpholine rings is 1. The van der Waals surface area contributed by atoms with Crippen molar-refractivity contribution in [3.63, 3.8) is 0 Å². The van der Waals surface area contributed by atoms with Crippen molar-refractivity contribution in [1.82, 2.24) is 19.2 Å². The van der Waals surface area contributed by atoms with Gasteiger partial charge in [-0.2, -0.15) is 4.31 Å². The second kappa shape index (κ2) is 11.9. The molecule has 1 aromatic heterocycles. The molecule has 2 aliphatic rings. The number of sulfonamides is 1. The van der Waals surface area contributed by atoms with Gasteiger partial charge in [0, 0.05) is 44.7 Å². The molecule has 0 aliphatic carbocycles. The van der Waals surface area contributed by atoms with Gasteiger partial charge in [-0.05, 0) is 49.7 Å². The fourth-order valence-corrected chi connectivity index (χ4v) is 6.39. The van der Waals surface area contributed by atoms with E-state index in [0.717, 1.165) is 48.5 Å². The molecule has 2 fully saturated rings. The lowest BCUT2D eigenvalue weighted by Gasteiger charge is -2.37. The Bertz CT molecular complexity index is 1320. The van der Waals surface area contributed by atoms with Crippen LogP contribution in [0.15, 0.2) is 53.4 Å². The molecular formula is C28H37N5O4S. The molecule has 38 heavy (non-hydrogen) atoms. The minimum atomic E-state index is -3.57. The molecule has 9 nitrogen and oxygen atoms in total. The Labute approximate surface area is 225 Å². The average Bonchev–Trinajstić information content (AvgIpc) is 2.97. The highest BCUT2D eigenvalue weighted by Gasteiger charge is 2.31. The van der Waals surface area contributed by atoms with Crippen LogP contribution in [0, 0.1) is 0 Å². The first kappa shape index (κ1) is 26.8. The number of anilines is 1. The third-order valence-corrected chi connectivity index (χ3v) is 9.25. The van der Waals surface area contributed by atoms with Crippen molar-refractivity contribution in [2.45, 2.75) is 37.6 Å². The quantitative estimate of drug-likeness (QED) is 0.381. The number of ether oxygens (including phenoxy) is 2. The maximum absolute atomic E-state index is 13.3. The van der Waals surface area contributed by atoms with Crippen molar-refractivity contribution in [3.8, 4) is 5.75 Å². The van der Waals surface area contributed by atoms with Crippen molar-refractivity contribution in [2.75, 3.05) is 64.0 Å². The van der Waals surface area contributed by atoms with E-state index in [1.165, 1.54) is 0 Å². The summed E-state index contributed by atoms with van der Waals surface area (Å²) < 4.78 is 39.4. The molecule has 3 aromatic rings. The molecule has 10 heteroatoms. The zero-order valence-electron chi connectivity index (χ0n) is 22.3. The van der Waals surface area contributed by atoms with Crippen molar-refractivity contribution in [3.05, 3.63) is 54.4 Å². The third kappa shape index (κ3) is 5.78. The van der Waals surface area contributed by atoms with E-state index in [1.54, 1.807) is 28.6 Å². The van der Waals surface area contributed by atoms with Gasteiger partial charge in [-0.1, -0.05) is 25.5 Å². The van der Waals surface area contributed by atoms with Crippen LogP contribution < -0.4 is 9.64 Å². The van der Waals surface area contributed by atoms with Crippen LogP contribution in [0.3, 0.4) is 0 Å². The average molecular weight is 540 g/mol. The van der Waals surface area contributed by atoms with Crippen LogP contribution in [0.2, 0.25) is 0 Å². The van der Waals surface area contributed by atoms with Crippen molar-refractivity contribution >= 4 is 26.7 Å². The van der Waals surface area contributed by atoms with Gasteiger partial charge in [0.25, 0.3) is 0 Å². The molecule has 0 bridgehead atoms. The molecule has 2 aliphatic heterocycles. The Kier molecular flexibility index (Phi) is 8.42. The SMILES string of the molecule is CCCCOc1ccc(S(=O)(=O)N2CCN(C(C)c3nc(N4CCOCC4)c4ccccc4n3)CC2)cc1. The van der Waals surface area contributed by atoms with Crippen LogP contribution in [0.4, 0.5) is 5.82 Å². The predicted molar refractivity (Wildman–Crippen MR) is 148 cm³/mol. The summed E-state index contributed by atoms with van der Waals surface area (Å²) in [5.41, 5.74) is 0.925. The molecule has 1 atom stereocenters. The van der Waals surface area contributed by atoms with Gasteiger partial charge in [-0.15, -0.1) is 0 Å². The van der Waals surface area contributed by atoms with Crippen LogP contribution in [-0.4, -0.2) is 86.7 Å². The summed E-state index contributed by atoms with van der Waals surface area (Å²) in [4.78, 5) is 14.8. The summed E-state index contributed by atoms with van der Waals surface area (Å²) in [7, 11) is -3.57. The van der Waals surface area contributed by atoms with Crippen LogP contribution in [-0.2, 0) is 14.8 Å². The number of hydrogen-bond acceptors (Lipinski definition) is 8. The molecule has 0 N–H and O–H groups in total. The maximum atomic E-state index is 13.3. The number of piperazine rings is 1. The number of aromatic nitrogens is 2. The molecule has 0 amide bonds. The van der Waals surface area contributed by atoms with E-state index >= 15 is 0 Å². The number of benzene rings is 2. The fraction of sp³-hybridized carbons (Fsp3) is 0.500. The first-order valence-electron chi connectivity index (χ1n) is 13.5. The predicted octanol–water partition coefficient (Wildman–Crippen LogP) is 3.71. The zero-order chi connectivity index (χ0) is 26.5. The van der Waals surface area contributed by atoms with Crippen LogP contribution in [0.1, 0.15) is 38.6 Å². The molecule has 5 rings (SSSR count). The van der Waals surface area contributed by atoms with Crippen LogP contribution in [0.5, 0.6) is 5.75 Å². The summed E-state index contributed by atoms with van der Waals surface area (Å²) in [6.45, 7) is 9.90. The minimum Gasteiger partial charge on any atom is -0.494 e. The van der Waals surface area contributed by atoms with Gasteiger partial charge < -0.3 is 14.4 Å². The number of para-hydroxylation sites is 1. The van der Waals surface area contributed by atoms with Gasteiger partial charge in [-0.3, -0.25) is 4.90 Å². The summed E-state index contributed by atoms with van der Waals surface area (Å²) in [6.07, 6.45) is 2.03.